The molecule has 1 heterocycles. The molecule has 0 saturated carbocycles. The Morgan fingerprint density at radius 1 is 1.07 bits per heavy atom. The number of aliphatic imine (C=N–C) groups is 1. The number of amides is 2. The first-order chi connectivity index (χ1) is 21.0. The van der Waals surface area contributed by atoms with Gasteiger partial charge >= 0.3 is 12.4 Å². The molecule has 0 bridgehead atoms. The smallest absolute Gasteiger partial charge is 0.485 e. The van der Waals surface area contributed by atoms with Crippen molar-refractivity contribution in [1.82, 2.24) is 20.1 Å². The fraction of sp³-hybridized carbons (Fsp3) is 0.267. The molecule has 0 atom stereocenters. The summed E-state index contributed by atoms with van der Waals surface area (Å²) in [5.74, 6) is 1.12. The van der Waals surface area contributed by atoms with Crippen LogP contribution in [-0.4, -0.2) is 38.1 Å². The van der Waals surface area contributed by atoms with Crippen LogP contribution in [0.4, 0.5) is 29.3 Å². The summed E-state index contributed by atoms with van der Waals surface area (Å²) < 4.78 is 48.1. The van der Waals surface area contributed by atoms with Crippen LogP contribution < -0.4 is 20.1 Å². The first kappa shape index (κ1) is 32.7. The molecule has 0 fully saturated rings. The van der Waals surface area contributed by atoms with Crippen LogP contribution in [0, 0.1) is 6.92 Å². The molecule has 14 heteroatoms. The summed E-state index contributed by atoms with van der Waals surface area (Å²) in [7, 11) is 0. The number of urea groups is 1. The van der Waals surface area contributed by atoms with E-state index in [1.54, 1.807) is 18.2 Å². The van der Waals surface area contributed by atoms with Gasteiger partial charge in [0.05, 0.1) is 22.1 Å². The molecule has 2 N–H and O–H groups in total. The molecular weight excluding hydrogens is 617 g/mol. The molecule has 0 radical (unpaired) electrons. The number of aryl methyl sites for hydroxylation is 2. The highest BCUT2D eigenvalue weighted by atomic mass is 35.5. The number of carbonyl (C=O) groups excluding carboxylic acids is 1. The van der Waals surface area contributed by atoms with Gasteiger partial charge in [0.25, 0.3) is 0 Å². The zero-order valence-corrected chi connectivity index (χ0v) is 25.7. The van der Waals surface area contributed by atoms with E-state index in [1.165, 1.54) is 47.0 Å². The normalized spacial score (nSPS) is 11.8. The highest BCUT2D eigenvalue weighted by molar-refractivity contribution is 8.13. The minimum atomic E-state index is -4.77. The number of hydrogen-bond acceptors (Lipinski definition) is 7. The van der Waals surface area contributed by atoms with Crippen LogP contribution in [0.5, 0.6) is 11.5 Å². The van der Waals surface area contributed by atoms with Crippen molar-refractivity contribution in [3.05, 3.63) is 89.0 Å². The van der Waals surface area contributed by atoms with Gasteiger partial charge in [-0.15, -0.1) is 18.3 Å². The van der Waals surface area contributed by atoms with E-state index in [0.29, 0.717) is 28.1 Å². The molecular formula is C30H30ClF3N6O3S. The van der Waals surface area contributed by atoms with E-state index in [9.17, 15) is 18.0 Å². The summed E-state index contributed by atoms with van der Waals surface area (Å²) in [5.41, 5.74) is 3.89. The van der Waals surface area contributed by atoms with Gasteiger partial charge in [0.1, 0.15) is 24.4 Å². The number of alkyl halides is 3. The minimum absolute atomic E-state index is 0.00109. The Balaban J connectivity index is 1.35. The third-order valence-electron chi connectivity index (χ3n) is 5.91. The summed E-state index contributed by atoms with van der Waals surface area (Å²) in [4.78, 5) is 21.7. The van der Waals surface area contributed by atoms with E-state index in [2.05, 4.69) is 44.5 Å². The molecule has 9 nitrogen and oxygen atoms in total. The fourth-order valence-corrected chi connectivity index (χ4v) is 4.79. The first-order valence-electron chi connectivity index (χ1n) is 13.6. The van der Waals surface area contributed by atoms with Crippen LogP contribution in [-0.2, 0) is 13.0 Å². The maximum absolute atomic E-state index is 12.8. The van der Waals surface area contributed by atoms with Crippen molar-refractivity contribution in [1.29, 1.82) is 0 Å². The lowest BCUT2D eigenvalue weighted by atomic mass is 10.1. The summed E-state index contributed by atoms with van der Waals surface area (Å²) >= 11 is 7.84. The minimum Gasteiger partial charge on any atom is -0.485 e. The second-order valence-electron chi connectivity index (χ2n) is 9.39. The molecule has 0 aliphatic heterocycles. The van der Waals surface area contributed by atoms with Gasteiger partial charge in [0.15, 0.2) is 11.0 Å². The highest BCUT2D eigenvalue weighted by Crippen LogP contribution is 2.28. The van der Waals surface area contributed by atoms with Crippen LogP contribution in [0.3, 0.4) is 0 Å². The van der Waals surface area contributed by atoms with E-state index < -0.39 is 12.4 Å². The van der Waals surface area contributed by atoms with Gasteiger partial charge < -0.3 is 14.8 Å². The first-order valence-corrected chi connectivity index (χ1v) is 15.0. The van der Waals surface area contributed by atoms with Gasteiger partial charge in [0, 0.05) is 6.07 Å². The Labute approximate surface area is 261 Å². The average molecular weight is 647 g/mol. The maximum atomic E-state index is 12.8. The maximum Gasteiger partial charge on any atom is 0.573 e. The van der Waals surface area contributed by atoms with Gasteiger partial charge in [0.2, 0.25) is 0 Å². The quantitative estimate of drug-likeness (QED) is 0.133. The predicted octanol–water partition coefficient (Wildman–Crippen LogP) is 8.22. The molecule has 1 aromatic heterocycles. The topological polar surface area (TPSA) is 103 Å². The van der Waals surface area contributed by atoms with Crippen molar-refractivity contribution in [3.8, 4) is 17.2 Å². The molecule has 0 saturated heterocycles. The molecule has 4 aromatic rings. The number of anilines is 1. The number of amidine groups is 1. The van der Waals surface area contributed by atoms with E-state index in [-0.39, 0.29) is 17.4 Å². The van der Waals surface area contributed by atoms with Crippen LogP contribution in [0.2, 0.25) is 5.02 Å². The number of halogens is 4. The van der Waals surface area contributed by atoms with Gasteiger partial charge in [-0.05, 0) is 72.7 Å². The van der Waals surface area contributed by atoms with Crippen molar-refractivity contribution >= 4 is 45.9 Å². The van der Waals surface area contributed by atoms with E-state index in [0.717, 1.165) is 35.4 Å². The standard InChI is InChI=1S/C30H30ClF3N6O3S/c1-4-6-20-8-7-19(3)15-26(20)37-29(44-5-2)38-28(41)36-25-14-13-23(16-24(25)31)42-17-27-35-18-40(39-27)21-9-11-22(12-10-21)43-30(32,33)34/h7-16,18H,4-6,17H2,1-3H3,(H2,36,37,38,41). The molecule has 0 spiro atoms. The molecule has 232 valence electrons. The third kappa shape index (κ3) is 9.64. The Kier molecular flexibility index (Phi) is 11.1. The summed E-state index contributed by atoms with van der Waals surface area (Å²) in [6.07, 6.45) is -1.49. The van der Waals surface area contributed by atoms with Gasteiger partial charge in [-0.1, -0.05) is 55.8 Å². The fourth-order valence-electron chi connectivity index (χ4n) is 3.98. The number of benzene rings is 3. The number of thioether (sulfide) groups is 1. The lowest BCUT2D eigenvalue weighted by Gasteiger charge is -2.13. The largest absolute Gasteiger partial charge is 0.573 e. The SMILES string of the molecule is CCCc1ccc(C)cc1N=C(NC(=O)Nc1ccc(OCc2ncn(-c3ccc(OC(F)(F)F)cc3)n2)cc1Cl)SCC. The molecule has 0 aliphatic rings. The second kappa shape index (κ2) is 15.0. The Morgan fingerprint density at radius 3 is 2.50 bits per heavy atom. The van der Waals surface area contributed by atoms with Crippen molar-refractivity contribution in [2.24, 2.45) is 4.99 Å². The third-order valence-corrected chi connectivity index (χ3v) is 6.98. The summed E-state index contributed by atoms with van der Waals surface area (Å²) in [6, 6.07) is 15.6. The predicted molar refractivity (Wildman–Crippen MR) is 166 cm³/mol. The Bertz CT molecular complexity index is 1610. The van der Waals surface area contributed by atoms with Crippen LogP contribution in [0.25, 0.3) is 5.69 Å². The van der Waals surface area contributed by atoms with Gasteiger partial charge in [-0.25, -0.2) is 19.5 Å². The molecule has 2 amide bonds. The van der Waals surface area contributed by atoms with Crippen LogP contribution in [0.15, 0.2) is 72.0 Å². The van der Waals surface area contributed by atoms with Crippen molar-refractivity contribution < 1.29 is 27.4 Å². The van der Waals surface area contributed by atoms with E-state index in [1.807, 2.05) is 19.9 Å². The number of hydrogen-bond donors (Lipinski definition) is 2. The van der Waals surface area contributed by atoms with Crippen molar-refractivity contribution in [2.45, 2.75) is 46.6 Å². The summed E-state index contributed by atoms with van der Waals surface area (Å²) in [5, 5.41) is 10.6. The van der Waals surface area contributed by atoms with E-state index in [4.69, 9.17) is 21.3 Å². The van der Waals surface area contributed by atoms with Crippen molar-refractivity contribution in [3.63, 3.8) is 0 Å². The zero-order valence-electron chi connectivity index (χ0n) is 24.1. The van der Waals surface area contributed by atoms with Crippen molar-refractivity contribution in [2.75, 3.05) is 11.1 Å². The lowest BCUT2D eigenvalue weighted by molar-refractivity contribution is -0.274. The molecule has 44 heavy (non-hydrogen) atoms. The molecule has 0 aliphatic carbocycles. The van der Waals surface area contributed by atoms with Crippen LogP contribution >= 0.6 is 23.4 Å². The number of nitrogens with one attached hydrogen (secondary N) is 2. The molecule has 0 unspecified atom stereocenters. The zero-order chi connectivity index (χ0) is 31.7. The van der Waals surface area contributed by atoms with Gasteiger partial charge in [-0.2, -0.15) is 0 Å². The second-order valence-corrected chi connectivity index (χ2v) is 11.0. The lowest BCUT2D eigenvalue weighted by Crippen LogP contribution is -2.32. The van der Waals surface area contributed by atoms with Crippen LogP contribution in [0.1, 0.15) is 37.2 Å². The number of aromatic nitrogens is 3. The summed E-state index contributed by atoms with van der Waals surface area (Å²) in [6.45, 7) is 6.09. The number of nitrogens with zero attached hydrogens (tertiary/aromatic N) is 4. The Morgan fingerprint density at radius 2 is 1.82 bits per heavy atom. The molecule has 4 rings (SSSR count). The molecule has 3 aromatic carbocycles. The van der Waals surface area contributed by atoms with E-state index >= 15 is 0 Å². The number of rotatable bonds is 10. The number of ether oxygens (including phenoxy) is 2. The monoisotopic (exact) mass is 646 g/mol. The average Bonchev–Trinajstić information content (AvgIpc) is 3.43. The van der Waals surface area contributed by atoms with Gasteiger partial charge in [-0.3, -0.25) is 5.32 Å². The number of carbonyl (C=O) groups is 1. The Hall–Kier alpha value is -4.23. The highest BCUT2D eigenvalue weighted by Gasteiger charge is 2.31.